The van der Waals surface area contributed by atoms with E-state index < -0.39 is 0 Å². The molecule has 6 nitrogen and oxygen atoms in total. The van der Waals surface area contributed by atoms with Crippen molar-refractivity contribution in [1.82, 2.24) is 20.2 Å². The van der Waals surface area contributed by atoms with Crippen LogP contribution in [0.1, 0.15) is 0 Å². The number of rotatable bonds is 5. The number of aromatic amines is 1. The summed E-state index contributed by atoms with van der Waals surface area (Å²) in [6.45, 7) is 0. The molecular weight excluding hydrogens is 326 g/mol. The predicted octanol–water partition coefficient (Wildman–Crippen LogP) is 4.29. The molecule has 0 radical (unpaired) electrons. The summed E-state index contributed by atoms with van der Waals surface area (Å²) in [5, 5.41) is 10.5. The van der Waals surface area contributed by atoms with Gasteiger partial charge in [0, 0.05) is 23.6 Å². The third kappa shape index (κ3) is 3.25. The molecule has 0 aliphatic carbocycles. The van der Waals surface area contributed by atoms with Crippen LogP contribution in [0.2, 0.25) is 0 Å². The van der Waals surface area contributed by atoms with E-state index in [9.17, 15) is 0 Å². The van der Waals surface area contributed by atoms with E-state index in [1.807, 2.05) is 54.6 Å². The van der Waals surface area contributed by atoms with Crippen LogP contribution in [0.3, 0.4) is 0 Å². The molecule has 0 aliphatic heterocycles. The van der Waals surface area contributed by atoms with Crippen LogP contribution in [-0.2, 0) is 0 Å². The monoisotopic (exact) mass is 343 g/mol. The van der Waals surface area contributed by atoms with Crippen LogP contribution < -0.4 is 10.1 Å². The van der Waals surface area contributed by atoms with E-state index in [-0.39, 0.29) is 0 Å². The lowest BCUT2D eigenvalue weighted by atomic mass is 10.1. The number of H-pyrrole nitrogens is 1. The van der Waals surface area contributed by atoms with Gasteiger partial charge < -0.3 is 10.1 Å². The van der Waals surface area contributed by atoms with Crippen molar-refractivity contribution in [1.29, 1.82) is 0 Å². The summed E-state index contributed by atoms with van der Waals surface area (Å²) >= 11 is 0. The van der Waals surface area contributed by atoms with Crippen molar-refractivity contribution in [2.45, 2.75) is 0 Å². The molecular formula is C20H17N5O. The molecule has 0 fully saturated rings. The minimum absolute atomic E-state index is 0.751. The molecule has 3 aromatic heterocycles. The number of anilines is 2. The second kappa shape index (κ2) is 7.06. The van der Waals surface area contributed by atoms with Gasteiger partial charge in [-0.1, -0.05) is 6.07 Å². The summed E-state index contributed by atoms with van der Waals surface area (Å²) in [6, 6.07) is 17.4. The highest BCUT2D eigenvalue weighted by Gasteiger charge is 2.11. The van der Waals surface area contributed by atoms with Gasteiger partial charge in [0.1, 0.15) is 11.6 Å². The average molecular weight is 343 g/mol. The first-order valence-electron chi connectivity index (χ1n) is 8.16. The second-order valence-electron chi connectivity index (χ2n) is 5.66. The highest BCUT2D eigenvalue weighted by molar-refractivity contribution is 5.80. The van der Waals surface area contributed by atoms with Gasteiger partial charge in [-0.05, 0) is 54.1 Å². The smallest absolute Gasteiger partial charge is 0.130 e. The summed E-state index contributed by atoms with van der Waals surface area (Å²) in [6.07, 6.45) is 5.34. The Bertz CT molecular complexity index is 996. The van der Waals surface area contributed by atoms with Gasteiger partial charge in [-0.25, -0.2) is 4.98 Å². The second-order valence-corrected chi connectivity index (χ2v) is 5.66. The molecule has 0 saturated carbocycles. The third-order valence-corrected chi connectivity index (χ3v) is 3.99. The van der Waals surface area contributed by atoms with E-state index in [2.05, 4.69) is 25.5 Å². The number of pyridine rings is 2. The van der Waals surface area contributed by atoms with Crippen molar-refractivity contribution in [3.05, 3.63) is 73.2 Å². The Kier molecular flexibility index (Phi) is 4.30. The first-order valence-corrected chi connectivity index (χ1v) is 8.16. The van der Waals surface area contributed by atoms with Gasteiger partial charge in [0.25, 0.3) is 0 Å². The Morgan fingerprint density at radius 2 is 1.85 bits per heavy atom. The van der Waals surface area contributed by atoms with Crippen molar-refractivity contribution in [2.24, 2.45) is 0 Å². The molecule has 4 aromatic rings. The molecule has 3 heterocycles. The maximum Gasteiger partial charge on any atom is 0.130 e. The number of hydrogen-bond acceptors (Lipinski definition) is 5. The minimum Gasteiger partial charge on any atom is -0.497 e. The summed E-state index contributed by atoms with van der Waals surface area (Å²) in [7, 11) is 1.65. The Morgan fingerprint density at radius 3 is 2.62 bits per heavy atom. The average Bonchev–Trinajstić information content (AvgIpc) is 3.19. The third-order valence-electron chi connectivity index (χ3n) is 3.99. The molecule has 0 unspecified atom stereocenters. The van der Waals surface area contributed by atoms with E-state index in [0.29, 0.717) is 0 Å². The number of benzene rings is 1. The van der Waals surface area contributed by atoms with Crippen molar-refractivity contribution < 1.29 is 4.74 Å². The largest absolute Gasteiger partial charge is 0.497 e. The summed E-state index contributed by atoms with van der Waals surface area (Å²) in [4.78, 5) is 8.80. The molecule has 0 spiro atoms. The van der Waals surface area contributed by atoms with Gasteiger partial charge in [-0.15, -0.1) is 0 Å². The number of methoxy groups -OCH3 is 1. The topological polar surface area (TPSA) is 75.7 Å². The minimum atomic E-state index is 0.751. The van der Waals surface area contributed by atoms with Gasteiger partial charge in [0.05, 0.1) is 24.7 Å². The van der Waals surface area contributed by atoms with Crippen LogP contribution in [0.5, 0.6) is 5.75 Å². The zero-order chi connectivity index (χ0) is 17.8. The van der Waals surface area contributed by atoms with E-state index in [1.54, 1.807) is 25.7 Å². The lowest BCUT2D eigenvalue weighted by Gasteiger charge is -2.08. The van der Waals surface area contributed by atoms with Crippen molar-refractivity contribution in [2.75, 3.05) is 12.4 Å². The van der Waals surface area contributed by atoms with E-state index in [1.165, 1.54) is 0 Å². The zero-order valence-corrected chi connectivity index (χ0v) is 14.2. The molecule has 2 N–H and O–H groups in total. The quantitative estimate of drug-likeness (QED) is 0.565. The van der Waals surface area contributed by atoms with Crippen molar-refractivity contribution in [3.8, 4) is 28.3 Å². The van der Waals surface area contributed by atoms with Gasteiger partial charge in [0.15, 0.2) is 0 Å². The Hall–Kier alpha value is -3.67. The fourth-order valence-electron chi connectivity index (χ4n) is 2.70. The van der Waals surface area contributed by atoms with Crippen molar-refractivity contribution >= 4 is 11.5 Å². The van der Waals surface area contributed by atoms with Crippen molar-refractivity contribution in [3.63, 3.8) is 0 Å². The Labute approximate surface area is 150 Å². The molecule has 26 heavy (non-hydrogen) atoms. The Balaban J connectivity index is 1.63. The highest BCUT2D eigenvalue weighted by atomic mass is 16.5. The van der Waals surface area contributed by atoms with Gasteiger partial charge >= 0.3 is 0 Å². The molecule has 1 aromatic carbocycles. The van der Waals surface area contributed by atoms with Gasteiger partial charge in [0.2, 0.25) is 0 Å². The van der Waals surface area contributed by atoms with Crippen LogP contribution in [0.15, 0.2) is 73.2 Å². The molecule has 4 rings (SSSR count). The molecule has 0 atom stereocenters. The van der Waals surface area contributed by atoms with Crippen LogP contribution in [0.4, 0.5) is 11.5 Å². The lowest BCUT2D eigenvalue weighted by molar-refractivity contribution is 0.415. The SMILES string of the molecule is COc1ccc(Nc2cc(-c3cn[nH]c3-c3ccccn3)ccn2)cc1. The predicted molar refractivity (Wildman–Crippen MR) is 101 cm³/mol. The van der Waals surface area contributed by atoms with E-state index in [0.717, 1.165) is 39.8 Å². The first kappa shape index (κ1) is 15.8. The fraction of sp³-hybridized carbons (Fsp3) is 0.0500. The number of ether oxygens (including phenoxy) is 1. The van der Waals surface area contributed by atoms with Crippen LogP contribution in [-0.4, -0.2) is 27.3 Å². The molecule has 0 bridgehead atoms. The lowest BCUT2D eigenvalue weighted by Crippen LogP contribution is -1.94. The number of nitrogens with zero attached hydrogens (tertiary/aromatic N) is 3. The number of nitrogens with one attached hydrogen (secondary N) is 2. The van der Waals surface area contributed by atoms with Gasteiger partial charge in [-0.2, -0.15) is 5.10 Å². The standard InChI is InChI=1S/C20H17N5O/c1-26-16-7-5-15(6-8-16)24-19-12-14(9-11-22-19)17-13-23-25-20(17)18-4-2-3-10-21-18/h2-13H,1H3,(H,22,24)(H,23,25). The van der Waals surface area contributed by atoms with E-state index in [4.69, 9.17) is 4.74 Å². The Morgan fingerprint density at radius 1 is 0.962 bits per heavy atom. The summed E-state index contributed by atoms with van der Waals surface area (Å²) in [5.74, 6) is 1.57. The van der Waals surface area contributed by atoms with Crippen LogP contribution in [0.25, 0.3) is 22.5 Å². The number of hydrogen-bond donors (Lipinski definition) is 2. The normalized spacial score (nSPS) is 10.5. The first-order chi connectivity index (χ1) is 12.8. The van der Waals surface area contributed by atoms with Crippen LogP contribution in [0, 0.1) is 0 Å². The summed E-state index contributed by atoms with van der Waals surface area (Å²) < 4.78 is 5.18. The molecule has 0 aliphatic rings. The van der Waals surface area contributed by atoms with Gasteiger partial charge in [-0.3, -0.25) is 10.1 Å². The maximum atomic E-state index is 5.18. The maximum absolute atomic E-state index is 5.18. The zero-order valence-electron chi connectivity index (χ0n) is 14.2. The van der Waals surface area contributed by atoms with E-state index >= 15 is 0 Å². The highest BCUT2D eigenvalue weighted by Crippen LogP contribution is 2.30. The molecule has 6 heteroatoms. The number of aromatic nitrogens is 4. The molecule has 0 saturated heterocycles. The molecule has 0 amide bonds. The fourth-order valence-corrected chi connectivity index (χ4v) is 2.70. The molecule has 128 valence electrons. The summed E-state index contributed by atoms with van der Waals surface area (Å²) in [5.41, 5.74) is 4.65. The van der Waals surface area contributed by atoms with Crippen LogP contribution >= 0.6 is 0 Å².